The van der Waals surface area contributed by atoms with Gasteiger partial charge in [0.2, 0.25) is 0 Å². The maximum absolute atomic E-state index is 12.4. The largest absolute Gasteiger partial charge is 0.465 e. The van der Waals surface area contributed by atoms with Gasteiger partial charge >= 0.3 is 5.97 Å². The van der Waals surface area contributed by atoms with Crippen LogP contribution in [0.15, 0.2) is 0 Å². The second-order valence-corrected chi connectivity index (χ2v) is 11.2. The third-order valence-corrected chi connectivity index (χ3v) is 8.09. The van der Waals surface area contributed by atoms with Crippen LogP contribution in [0.1, 0.15) is 155 Å². The first-order valence-electron chi connectivity index (χ1n) is 15.7. The highest BCUT2D eigenvalue weighted by atomic mass is 16.5. The number of unbranched alkanes of at least 4 members (excludes halogenated alkanes) is 13. The van der Waals surface area contributed by atoms with Gasteiger partial charge in [0.05, 0.1) is 37.9 Å². The van der Waals surface area contributed by atoms with E-state index in [1.807, 2.05) is 0 Å². The molecule has 0 heterocycles. The summed E-state index contributed by atoms with van der Waals surface area (Å²) in [6, 6.07) is 0. The summed E-state index contributed by atoms with van der Waals surface area (Å²) in [5.74, 6) is 0.110. The van der Waals surface area contributed by atoms with Crippen molar-refractivity contribution >= 4 is 5.97 Å². The molecule has 4 nitrogen and oxygen atoms in total. The number of carbonyl (C=O) groups is 1. The second kappa shape index (κ2) is 21.5. The van der Waals surface area contributed by atoms with Crippen molar-refractivity contribution in [1.82, 2.24) is 0 Å². The Morgan fingerprint density at radius 1 is 0.543 bits per heavy atom. The fraction of sp³-hybridized carbons (Fsp3) is 0.968. The normalized spacial score (nSPS) is 21.3. The van der Waals surface area contributed by atoms with Crippen molar-refractivity contribution in [2.75, 3.05) is 19.8 Å². The minimum absolute atomic E-state index is 0.0266. The number of esters is 1. The molecule has 0 amide bonds. The molecule has 206 valence electrons. The van der Waals surface area contributed by atoms with Gasteiger partial charge < -0.3 is 14.2 Å². The standard InChI is InChI=1S/C31H58O4/c1-2-3-4-5-6-7-8-9-10-11-12-13-14-18-25-35-31(32)28-21-23-30(24-22-28)34-27-26-33-29-19-16-15-17-20-29/h28-30H,2-27H2,1H3. The average molecular weight is 495 g/mol. The molecule has 2 fully saturated rings. The molecule has 2 rings (SSSR count). The molecule has 2 aliphatic rings. The van der Waals surface area contributed by atoms with Crippen LogP contribution < -0.4 is 0 Å². The van der Waals surface area contributed by atoms with Crippen LogP contribution in [0.3, 0.4) is 0 Å². The van der Waals surface area contributed by atoms with Crippen molar-refractivity contribution in [1.29, 1.82) is 0 Å². The maximum atomic E-state index is 12.4. The van der Waals surface area contributed by atoms with Crippen molar-refractivity contribution in [2.24, 2.45) is 5.92 Å². The molecule has 0 aromatic carbocycles. The van der Waals surface area contributed by atoms with Gasteiger partial charge in [0.25, 0.3) is 0 Å². The van der Waals surface area contributed by atoms with Gasteiger partial charge in [-0.2, -0.15) is 0 Å². The molecule has 0 saturated heterocycles. The van der Waals surface area contributed by atoms with Crippen LogP contribution in [0.5, 0.6) is 0 Å². The monoisotopic (exact) mass is 494 g/mol. The van der Waals surface area contributed by atoms with Gasteiger partial charge in [-0.3, -0.25) is 4.79 Å². The molecule has 0 aromatic rings. The van der Waals surface area contributed by atoms with Crippen LogP contribution in [0.25, 0.3) is 0 Å². The molecule has 2 saturated carbocycles. The smallest absolute Gasteiger partial charge is 0.308 e. The lowest BCUT2D eigenvalue weighted by Gasteiger charge is -2.28. The molecule has 0 unspecified atom stereocenters. The van der Waals surface area contributed by atoms with E-state index in [1.54, 1.807) is 0 Å². The highest BCUT2D eigenvalue weighted by molar-refractivity contribution is 5.72. The number of carbonyl (C=O) groups excluding carboxylic acids is 1. The number of rotatable bonds is 21. The Kier molecular flexibility index (Phi) is 18.8. The molecule has 0 atom stereocenters. The van der Waals surface area contributed by atoms with Gasteiger partial charge in [-0.1, -0.05) is 110 Å². The molecule has 0 aliphatic heterocycles. The molecule has 0 N–H and O–H groups in total. The highest BCUT2D eigenvalue weighted by Crippen LogP contribution is 2.27. The van der Waals surface area contributed by atoms with Crippen LogP contribution in [-0.4, -0.2) is 38.0 Å². The predicted molar refractivity (Wildman–Crippen MR) is 146 cm³/mol. The number of hydrogen-bond acceptors (Lipinski definition) is 4. The first-order valence-corrected chi connectivity index (χ1v) is 15.7. The summed E-state index contributed by atoms with van der Waals surface area (Å²) in [5.41, 5.74) is 0. The zero-order chi connectivity index (χ0) is 24.8. The van der Waals surface area contributed by atoms with Gasteiger partial charge in [0.15, 0.2) is 0 Å². The minimum Gasteiger partial charge on any atom is -0.465 e. The molecule has 0 spiro atoms. The highest BCUT2D eigenvalue weighted by Gasteiger charge is 2.27. The van der Waals surface area contributed by atoms with E-state index in [9.17, 15) is 4.79 Å². The lowest BCUT2D eigenvalue weighted by molar-refractivity contribution is -0.151. The Hall–Kier alpha value is -0.610. The Bertz CT molecular complexity index is 480. The molecule has 4 heteroatoms. The van der Waals surface area contributed by atoms with Crippen LogP contribution in [0.2, 0.25) is 0 Å². The average Bonchev–Trinajstić information content (AvgIpc) is 2.89. The van der Waals surface area contributed by atoms with Crippen LogP contribution in [-0.2, 0) is 19.0 Å². The van der Waals surface area contributed by atoms with E-state index >= 15 is 0 Å². The Morgan fingerprint density at radius 2 is 1.00 bits per heavy atom. The van der Waals surface area contributed by atoms with E-state index in [4.69, 9.17) is 14.2 Å². The molecular weight excluding hydrogens is 436 g/mol. The summed E-state index contributed by atoms with van der Waals surface area (Å²) in [5, 5.41) is 0. The van der Waals surface area contributed by atoms with Crippen molar-refractivity contribution in [3.63, 3.8) is 0 Å². The van der Waals surface area contributed by atoms with Crippen molar-refractivity contribution in [3.05, 3.63) is 0 Å². The summed E-state index contributed by atoms with van der Waals surface area (Å²) in [6.07, 6.45) is 29.8. The summed E-state index contributed by atoms with van der Waals surface area (Å²) in [4.78, 5) is 12.4. The first kappa shape index (κ1) is 30.6. The van der Waals surface area contributed by atoms with E-state index in [0.29, 0.717) is 32.0 Å². The lowest BCUT2D eigenvalue weighted by atomic mass is 9.87. The van der Waals surface area contributed by atoms with Gasteiger partial charge in [0, 0.05) is 0 Å². The van der Waals surface area contributed by atoms with Gasteiger partial charge in [-0.25, -0.2) is 0 Å². The predicted octanol–water partition coefficient (Wildman–Crippen LogP) is 8.94. The SMILES string of the molecule is CCCCCCCCCCCCCCCCOC(=O)C1CCC(OCCOC2CCCCC2)CC1. The molecular formula is C31H58O4. The first-order chi connectivity index (χ1) is 17.3. The van der Waals surface area contributed by atoms with Gasteiger partial charge in [-0.05, 0) is 44.9 Å². The maximum Gasteiger partial charge on any atom is 0.308 e. The summed E-state index contributed by atoms with van der Waals surface area (Å²) in [7, 11) is 0. The molecule has 0 bridgehead atoms. The van der Waals surface area contributed by atoms with Gasteiger partial charge in [-0.15, -0.1) is 0 Å². The quantitative estimate of drug-likeness (QED) is 0.118. The number of ether oxygens (including phenoxy) is 3. The Labute approximate surface area is 217 Å². The Morgan fingerprint density at radius 3 is 1.51 bits per heavy atom. The van der Waals surface area contributed by atoms with Crippen molar-refractivity contribution in [2.45, 2.75) is 167 Å². The second-order valence-electron chi connectivity index (χ2n) is 11.2. The Balaban J connectivity index is 1.32. The van der Waals surface area contributed by atoms with Crippen LogP contribution in [0, 0.1) is 5.92 Å². The zero-order valence-electron chi connectivity index (χ0n) is 23.2. The van der Waals surface area contributed by atoms with Crippen LogP contribution >= 0.6 is 0 Å². The van der Waals surface area contributed by atoms with E-state index in [1.165, 1.54) is 116 Å². The number of hydrogen-bond donors (Lipinski definition) is 0. The summed E-state index contributed by atoms with van der Waals surface area (Å²) >= 11 is 0. The summed E-state index contributed by atoms with van der Waals surface area (Å²) < 4.78 is 17.6. The van der Waals surface area contributed by atoms with E-state index < -0.39 is 0 Å². The molecule has 0 aromatic heterocycles. The van der Waals surface area contributed by atoms with E-state index in [2.05, 4.69) is 6.92 Å². The van der Waals surface area contributed by atoms with Crippen molar-refractivity contribution in [3.8, 4) is 0 Å². The molecule has 35 heavy (non-hydrogen) atoms. The molecule has 0 radical (unpaired) electrons. The van der Waals surface area contributed by atoms with Crippen molar-refractivity contribution < 1.29 is 19.0 Å². The van der Waals surface area contributed by atoms with Crippen LogP contribution in [0.4, 0.5) is 0 Å². The fourth-order valence-corrected chi connectivity index (χ4v) is 5.71. The fourth-order valence-electron chi connectivity index (χ4n) is 5.71. The topological polar surface area (TPSA) is 44.8 Å². The van der Waals surface area contributed by atoms with E-state index in [-0.39, 0.29) is 11.9 Å². The van der Waals surface area contributed by atoms with Gasteiger partial charge in [0.1, 0.15) is 0 Å². The minimum atomic E-state index is 0.0266. The zero-order valence-corrected chi connectivity index (χ0v) is 23.2. The third-order valence-electron chi connectivity index (χ3n) is 8.09. The lowest BCUT2D eigenvalue weighted by Crippen LogP contribution is -2.29. The molecule has 2 aliphatic carbocycles. The van der Waals surface area contributed by atoms with E-state index in [0.717, 1.165) is 32.1 Å². The summed E-state index contributed by atoms with van der Waals surface area (Å²) in [6.45, 7) is 4.29. The third kappa shape index (κ3) is 16.0.